The lowest BCUT2D eigenvalue weighted by Crippen LogP contribution is -2.02. The van der Waals surface area contributed by atoms with Crippen molar-refractivity contribution in [1.82, 2.24) is 0 Å². The standard InChI is InChI=1S/C15H20O/c1-2-3-7-15(16)11-12-8-9-13-5-4-6-14(13)10-12/h8-10H,2-7,11H2,1H3. The molecule has 0 radical (unpaired) electrons. The number of hydrogen-bond acceptors (Lipinski definition) is 1. The van der Waals surface area contributed by atoms with Crippen LogP contribution in [0.5, 0.6) is 0 Å². The molecule has 0 aromatic heterocycles. The zero-order chi connectivity index (χ0) is 11.4. The van der Waals surface area contributed by atoms with Crippen LogP contribution in [0.3, 0.4) is 0 Å². The topological polar surface area (TPSA) is 17.1 Å². The Morgan fingerprint density at radius 3 is 2.88 bits per heavy atom. The summed E-state index contributed by atoms with van der Waals surface area (Å²) in [6.07, 6.45) is 7.22. The van der Waals surface area contributed by atoms with E-state index in [2.05, 4.69) is 25.1 Å². The zero-order valence-electron chi connectivity index (χ0n) is 10.1. The van der Waals surface area contributed by atoms with Crippen molar-refractivity contribution >= 4 is 5.78 Å². The minimum atomic E-state index is 0.389. The van der Waals surface area contributed by atoms with E-state index in [4.69, 9.17) is 0 Å². The lowest BCUT2D eigenvalue weighted by atomic mass is 10.0. The largest absolute Gasteiger partial charge is 0.299 e. The van der Waals surface area contributed by atoms with Gasteiger partial charge in [-0.15, -0.1) is 0 Å². The first-order chi connectivity index (χ1) is 7.79. The van der Waals surface area contributed by atoms with Crippen molar-refractivity contribution in [3.8, 4) is 0 Å². The van der Waals surface area contributed by atoms with Crippen molar-refractivity contribution in [2.24, 2.45) is 0 Å². The number of carbonyl (C=O) groups excluding carboxylic acids is 1. The molecule has 0 saturated carbocycles. The van der Waals surface area contributed by atoms with Gasteiger partial charge < -0.3 is 0 Å². The van der Waals surface area contributed by atoms with Gasteiger partial charge in [0, 0.05) is 12.8 Å². The number of Topliss-reactive ketones (excluding diaryl/α,β-unsaturated/α-hetero) is 1. The van der Waals surface area contributed by atoms with Gasteiger partial charge in [-0.2, -0.15) is 0 Å². The first-order valence-corrected chi connectivity index (χ1v) is 6.42. The maximum absolute atomic E-state index is 11.7. The third-order valence-corrected chi connectivity index (χ3v) is 3.37. The highest BCUT2D eigenvalue weighted by Crippen LogP contribution is 2.23. The molecule has 1 nitrogen and oxygen atoms in total. The van der Waals surface area contributed by atoms with Gasteiger partial charge in [0.25, 0.3) is 0 Å². The highest BCUT2D eigenvalue weighted by molar-refractivity contribution is 5.80. The van der Waals surface area contributed by atoms with Crippen LogP contribution >= 0.6 is 0 Å². The van der Waals surface area contributed by atoms with Crippen molar-refractivity contribution in [2.45, 2.75) is 51.9 Å². The van der Waals surface area contributed by atoms with Gasteiger partial charge in [-0.25, -0.2) is 0 Å². The van der Waals surface area contributed by atoms with Gasteiger partial charge in [0.05, 0.1) is 0 Å². The Balaban J connectivity index is 1.97. The smallest absolute Gasteiger partial charge is 0.137 e. The molecule has 0 amide bonds. The van der Waals surface area contributed by atoms with E-state index >= 15 is 0 Å². The first-order valence-electron chi connectivity index (χ1n) is 6.42. The molecule has 0 atom stereocenters. The van der Waals surface area contributed by atoms with Crippen LogP contribution in [0, 0.1) is 0 Å². The molecule has 0 heterocycles. The zero-order valence-corrected chi connectivity index (χ0v) is 10.1. The van der Waals surface area contributed by atoms with Crippen LogP contribution in [0.1, 0.15) is 49.3 Å². The van der Waals surface area contributed by atoms with Gasteiger partial charge in [-0.1, -0.05) is 31.5 Å². The molecule has 1 aliphatic rings. The monoisotopic (exact) mass is 216 g/mol. The van der Waals surface area contributed by atoms with Crippen molar-refractivity contribution in [3.05, 3.63) is 34.9 Å². The summed E-state index contributed by atoms with van der Waals surface area (Å²) in [5, 5.41) is 0. The molecule has 1 aromatic carbocycles. The van der Waals surface area contributed by atoms with E-state index in [0.717, 1.165) is 19.3 Å². The highest BCUT2D eigenvalue weighted by Gasteiger charge is 2.11. The molecule has 16 heavy (non-hydrogen) atoms. The van der Waals surface area contributed by atoms with Crippen LogP contribution in [0.15, 0.2) is 18.2 Å². The van der Waals surface area contributed by atoms with Gasteiger partial charge in [-0.05, 0) is 42.4 Å². The van der Waals surface area contributed by atoms with Gasteiger partial charge in [0.15, 0.2) is 0 Å². The fourth-order valence-corrected chi connectivity index (χ4v) is 2.43. The Morgan fingerprint density at radius 2 is 2.06 bits per heavy atom. The Hall–Kier alpha value is -1.11. The Labute approximate surface area is 97.9 Å². The second kappa shape index (κ2) is 5.29. The van der Waals surface area contributed by atoms with Crippen LogP contribution in [-0.4, -0.2) is 5.78 Å². The summed E-state index contributed by atoms with van der Waals surface area (Å²) in [5.74, 6) is 0.389. The average Bonchev–Trinajstić information content (AvgIpc) is 2.73. The van der Waals surface area contributed by atoms with Gasteiger partial charge in [0.2, 0.25) is 0 Å². The second-order valence-electron chi connectivity index (χ2n) is 4.78. The number of hydrogen-bond donors (Lipinski definition) is 0. The Morgan fingerprint density at radius 1 is 1.25 bits per heavy atom. The molecule has 86 valence electrons. The van der Waals surface area contributed by atoms with E-state index in [1.54, 1.807) is 0 Å². The fraction of sp³-hybridized carbons (Fsp3) is 0.533. The highest BCUT2D eigenvalue weighted by atomic mass is 16.1. The summed E-state index contributed by atoms with van der Waals surface area (Å²) >= 11 is 0. The van der Waals surface area contributed by atoms with Crippen LogP contribution in [0.4, 0.5) is 0 Å². The minimum Gasteiger partial charge on any atom is -0.299 e. The molecule has 2 rings (SSSR count). The van der Waals surface area contributed by atoms with Crippen LogP contribution in [0.25, 0.3) is 0 Å². The quantitative estimate of drug-likeness (QED) is 0.736. The lowest BCUT2D eigenvalue weighted by Gasteiger charge is -2.04. The summed E-state index contributed by atoms with van der Waals surface area (Å²) < 4.78 is 0. The molecule has 0 bridgehead atoms. The molecule has 0 aliphatic heterocycles. The van der Waals surface area contributed by atoms with Crippen molar-refractivity contribution in [1.29, 1.82) is 0 Å². The van der Waals surface area contributed by atoms with Crippen molar-refractivity contribution < 1.29 is 4.79 Å². The van der Waals surface area contributed by atoms with E-state index in [1.807, 2.05) is 0 Å². The van der Waals surface area contributed by atoms with Crippen molar-refractivity contribution in [3.63, 3.8) is 0 Å². The minimum absolute atomic E-state index is 0.389. The van der Waals surface area contributed by atoms with Crippen LogP contribution < -0.4 is 0 Å². The Kier molecular flexibility index (Phi) is 3.76. The second-order valence-corrected chi connectivity index (χ2v) is 4.78. The molecular weight excluding hydrogens is 196 g/mol. The van der Waals surface area contributed by atoms with Gasteiger partial charge in [0.1, 0.15) is 5.78 Å². The number of rotatable bonds is 5. The molecule has 0 N–H and O–H groups in total. The summed E-state index contributed by atoms with van der Waals surface area (Å²) in [6, 6.07) is 6.59. The molecule has 1 aromatic rings. The fourth-order valence-electron chi connectivity index (χ4n) is 2.43. The summed E-state index contributed by atoms with van der Waals surface area (Å²) in [5.41, 5.74) is 4.17. The molecule has 1 aliphatic carbocycles. The summed E-state index contributed by atoms with van der Waals surface area (Å²) in [4.78, 5) is 11.7. The summed E-state index contributed by atoms with van der Waals surface area (Å²) in [7, 11) is 0. The average molecular weight is 216 g/mol. The van der Waals surface area contributed by atoms with Gasteiger partial charge in [-0.3, -0.25) is 4.79 Å². The molecule has 0 saturated heterocycles. The van der Waals surface area contributed by atoms with E-state index in [1.165, 1.54) is 36.0 Å². The molecule has 0 spiro atoms. The molecular formula is C15H20O. The first kappa shape index (κ1) is 11.4. The lowest BCUT2D eigenvalue weighted by molar-refractivity contribution is -0.118. The number of ketones is 1. The number of carbonyl (C=O) groups is 1. The molecule has 0 unspecified atom stereocenters. The maximum atomic E-state index is 11.7. The maximum Gasteiger partial charge on any atom is 0.137 e. The van der Waals surface area contributed by atoms with E-state index in [0.29, 0.717) is 12.2 Å². The SMILES string of the molecule is CCCCC(=O)Cc1ccc2c(c1)CCC2. The van der Waals surface area contributed by atoms with Gasteiger partial charge >= 0.3 is 0 Å². The van der Waals surface area contributed by atoms with Crippen LogP contribution in [-0.2, 0) is 24.1 Å². The summed E-state index contributed by atoms with van der Waals surface area (Å²) in [6.45, 7) is 2.13. The molecule has 1 heteroatoms. The third kappa shape index (κ3) is 2.72. The van der Waals surface area contributed by atoms with Crippen molar-refractivity contribution in [2.75, 3.05) is 0 Å². The molecule has 0 fully saturated rings. The van der Waals surface area contributed by atoms with E-state index in [-0.39, 0.29) is 0 Å². The number of unbranched alkanes of at least 4 members (excludes halogenated alkanes) is 1. The predicted octanol–water partition coefficient (Wildman–Crippen LogP) is 3.48. The predicted molar refractivity (Wildman–Crippen MR) is 66.7 cm³/mol. The number of aryl methyl sites for hydroxylation is 2. The Bertz CT molecular complexity index is 379. The van der Waals surface area contributed by atoms with E-state index < -0.39 is 0 Å². The number of fused-ring (bicyclic) bond motifs is 1. The van der Waals surface area contributed by atoms with E-state index in [9.17, 15) is 4.79 Å². The normalized spacial score (nSPS) is 13.8. The number of benzene rings is 1. The van der Waals surface area contributed by atoms with Crippen LogP contribution in [0.2, 0.25) is 0 Å². The third-order valence-electron chi connectivity index (χ3n) is 3.37.